The Morgan fingerprint density at radius 1 is 1.38 bits per heavy atom. The minimum atomic E-state index is -0.268. The summed E-state index contributed by atoms with van der Waals surface area (Å²) in [6.45, 7) is 5.68. The van der Waals surface area contributed by atoms with Gasteiger partial charge in [0.2, 0.25) is 0 Å². The molecule has 6 heteroatoms. The fraction of sp³-hybridized carbons (Fsp3) is 0.333. The van der Waals surface area contributed by atoms with Gasteiger partial charge in [0.05, 0.1) is 0 Å². The molecule has 2 N–H and O–H groups in total. The van der Waals surface area contributed by atoms with Crippen LogP contribution in [-0.4, -0.2) is 16.5 Å². The number of hydrogen-bond acceptors (Lipinski definition) is 4. The van der Waals surface area contributed by atoms with Crippen LogP contribution in [0.3, 0.4) is 0 Å². The third-order valence-electron chi connectivity index (χ3n) is 2.75. The van der Waals surface area contributed by atoms with Crippen molar-refractivity contribution in [1.29, 1.82) is 0 Å². The van der Waals surface area contributed by atoms with Crippen molar-refractivity contribution in [3.8, 4) is 0 Å². The van der Waals surface area contributed by atoms with Gasteiger partial charge in [0, 0.05) is 23.7 Å². The first-order valence-corrected chi connectivity index (χ1v) is 7.58. The molecule has 0 radical (unpaired) electrons. The van der Waals surface area contributed by atoms with Crippen LogP contribution in [-0.2, 0) is 6.54 Å². The molecular weight excluding hydrogens is 289 g/mol. The summed E-state index contributed by atoms with van der Waals surface area (Å²) in [6.07, 6.45) is 1.46. The number of halogens is 1. The highest BCUT2D eigenvalue weighted by Gasteiger charge is 2.08. The average Bonchev–Trinajstić information content (AvgIpc) is 2.41. The summed E-state index contributed by atoms with van der Waals surface area (Å²) < 4.78 is 13.4. The number of rotatable bonds is 6. The van der Waals surface area contributed by atoms with Crippen LogP contribution < -0.4 is 10.9 Å². The van der Waals surface area contributed by atoms with Gasteiger partial charge in [0.15, 0.2) is 5.16 Å². The van der Waals surface area contributed by atoms with E-state index in [-0.39, 0.29) is 11.4 Å². The maximum absolute atomic E-state index is 13.4. The van der Waals surface area contributed by atoms with Crippen molar-refractivity contribution < 1.29 is 4.39 Å². The molecule has 0 aliphatic heterocycles. The molecule has 0 atom stereocenters. The molecule has 0 unspecified atom stereocenters. The Labute approximate surface area is 127 Å². The molecule has 0 saturated heterocycles. The van der Waals surface area contributed by atoms with Crippen molar-refractivity contribution in [2.75, 3.05) is 6.54 Å². The van der Waals surface area contributed by atoms with Crippen molar-refractivity contribution in [3.05, 3.63) is 52.2 Å². The first-order valence-electron chi connectivity index (χ1n) is 6.77. The fourth-order valence-corrected chi connectivity index (χ4v) is 2.66. The highest BCUT2D eigenvalue weighted by atomic mass is 32.2. The van der Waals surface area contributed by atoms with E-state index < -0.39 is 0 Å². The Morgan fingerprint density at radius 2 is 2.19 bits per heavy atom. The number of benzene rings is 1. The van der Waals surface area contributed by atoms with Gasteiger partial charge in [-0.15, -0.1) is 0 Å². The third-order valence-corrected chi connectivity index (χ3v) is 3.76. The van der Waals surface area contributed by atoms with E-state index in [2.05, 4.69) is 29.1 Å². The fourth-order valence-electron chi connectivity index (χ4n) is 1.79. The van der Waals surface area contributed by atoms with Crippen LogP contribution in [0.2, 0.25) is 0 Å². The molecular formula is C15H18FN3OS. The van der Waals surface area contributed by atoms with E-state index in [0.29, 0.717) is 17.6 Å². The minimum Gasteiger partial charge on any atom is -0.312 e. The van der Waals surface area contributed by atoms with Crippen molar-refractivity contribution >= 4 is 11.8 Å². The Kier molecular flexibility index (Phi) is 5.52. The molecule has 0 aliphatic rings. The zero-order valence-corrected chi connectivity index (χ0v) is 12.8. The predicted octanol–water partition coefficient (Wildman–Crippen LogP) is 2.81. The molecule has 1 heterocycles. The van der Waals surface area contributed by atoms with Crippen molar-refractivity contribution in [2.45, 2.75) is 30.4 Å². The van der Waals surface area contributed by atoms with Crippen molar-refractivity contribution in [1.82, 2.24) is 15.3 Å². The van der Waals surface area contributed by atoms with Crippen LogP contribution in [0.4, 0.5) is 4.39 Å². The number of hydrogen-bond donors (Lipinski definition) is 2. The number of aromatic amines is 1. The van der Waals surface area contributed by atoms with Gasteiger partial charge in [0.25, 0.3) is 5.56 Å². The Morgan fingerprint density at radius 3 is 2.90 bits per heavy atom. The smallest absolute Gasteiger partial charge is 0.251 e. The van der Waals surface area contributed by atoms with Crippen molar-refractivity contribution in [3.63, 3.8) is 0 Å². The molecule has 1 aromatic carbocycles. The summed E-state index contributed by atoms with van der Waals surface area (Å²) in [5.41, 5.74) is 0.654. The molecule has 4 nitrogen and oxygen atoms in total. The molecule has 0 spiro atoms. The molecule has 0 saturated carbocycles. The van der Waals surface area contributed by atoms with E-state index in [1.54, 1.807) is 6.07 Å². The third kappa shape index (κ3) is 4.99. The number of aromatic nitrogens is 2. The monoisotopic (exact) mass is 307 g/mol. The van der Waals surface area contributed by atoms with Gasteiger partial charge in [-0.1, -0.05) is 25.6 Å². The second-order valence-corrected chi connectivity index (χ2v) is 6.15. The summed E-state index contributed by atoms with van der Waals surface area (Å²) in [6, 6.07) is 5.99. The standard InChI is InChI=1S/C15H18FN3OS/c1-10(2)8-17-9-11-7-12(16)3-4-13(11)21-15-18-6-5-14(20)19-15/h3-7,10,17H,8-9H2,1-2H3,(H,18,19,20). The zero-order valence-electron chi connectivity index (χ0n) is 12.0. The average molecular weight is 307 g/mol. The van der Waals surface area contributed by atoms with E-state index in [1.807, 2.05) is 0 Å². The predicted molar refractivity (Wildman–Crippen MR) is 81.9 cm³/mol. The zero-order chi connectivity index (χ0) is 15.2. The lowest BCUT2D eigenvalue weighted by Gasteiger charge is -2.11. The number of nitrogens with zero attached hydrogens (tertiary/aromatic N) is 1. The van der Waals surface area contributed by atoms with Crippen LogP contribution in [0, 0.1) is 11.7 Å². The van der Waals surface area contributed by atoms with Gasteiger partial charge in [-0.3, -0.25) is 4.79 Å². The summed E-state index contributed by atoms with van der Waals surface area (Å²) in [7, 11) is 0. The molecule has 1 aromatic heterocycles. The summed E-state index contributed by atoms with van der Waals surface area (Å²) in [4.78, 5) is 18.9. The minimum absolute atomic E-state index is 0.200. The molecule has 112 valence electrons. The number of nitrogens with one attached hydrogen (secondary N) is 2. The van der Waals surface area contributed by atoms with E-state index in [4.69, 9.17) is 0 Å². The lowest BCUT2D eigenvalue weighted by molar-refractivity contribution is 0.547. The second-order valence-electron chi connectivity index (χ2n) is 5.12. The first-order chi connectivity index (χ1) is 10.0. The van der Waals surface area contributed by atoms with Crippen molar-refractivity contribution in [2.24, 2.45) is 5.92 Å². The summed E-state index contributed by atoms with van der Waals surface area (Å²) >= 11 is 1.32. The van der Waals surface area contributed by atoms with Gasteiger partial charge in [-0.25, -0.2) is 9.37 Å². The van der Waals surface area contributed by atoms with Crippen LogP contribution in [0.5, 0.6) is 0 Å². The second kappa shape index (κ2) is 7.38. The van der Waals surface area contributed by atoms with Gasteiger partial charge >= 0.3 is 0 Å². The molecule has 0 fully saturated rings. The molecule has 0 amide bonds. The highest BCUT2D eigenvalue weighted by molar-refractivity contribution is 7.99. The van der Waals surface area contributed by atoms with Gasteiger partial charge in [-0.05, 0) is 36.2 Å². The van der Waals surface area contributed by atoms with E-state index in [1.165, 1.54) is 36.2 Å². The van der Waals surface area contributed by atoms with Crippen LogP contribution in [0.1, 0.15) is 19.4 Å². The van der Waals surface area contributed by atoms with Gasteiger partial charge in [0.1, 0.15) is 5.82 Å². The topological polar surface area (TPSA) is 57.8 Å². The van der Waals surface area contributed by atoms with Crippen LogP contribution in [0.15, 0.2) is 45.3 Å². The van der Waals surface area contributed by atoms with E-state index in [0.717, 1.165) is 17.0 Å². The number of H-pyrrole nitrogens is 1. The van der Waals surface area contributed by atoms with Crippen LogP contribution >= 0.6 is 11.8 Å². The molecule has 2 aromatic rings. The molecule has 21 heavy (non-hydrogen) atoms. The highest BCUT2D eigenvalue weighted by Crippen LogP contribution is 2.27. The van der Waals surface area contributed by atoms with Gasteiger partial charge < -0.3 is 10.3 Å². The Hall–Kier alpha value is -1.66. The lowest BCUT2D eigenvalue weighted by Crippen LogP contribution is -2.19. The first kappa shape index (κ1) is 15.7. The largest absolute Gasteiger partial charge is 0.312 e. The normalized spacial score (nSPS) is 11.0. The lowest BCUT2D eigenvalue weighted by atomic mass is 10.2. The molecule has 0 bridgehead atoms. The maximum atomic E-state index is 13.4. The summed E-state index contributed by atoms with van der Waals surface area (Å²) in [5, 5.41) is 3.79. The Balaban J connectivity index is 2.16. The van der Waals surface area contributed by atoms with Gasteiger partial charge in [-0.2, -0.15) is 0 Å². The quantitative estimate of drug-likeness (QED) is 0.806. The van der Waals surface area contributed by atoms with E-state index >= 15 is 0 Å². The molecule has 2 rings (SSSR count). The summed E-state index contributed by atoms with van der Waals surface area (Å²) in [5.74, 6) is 0.261. The van der Waals surface area contributed by atoms with Crippen LogP contribution in [0.25, 0.3) is 0 Å². The Bertz CT molecular complexity index is 657. The molecule has 0 aliphatic carbocycles. The SMILES string of the molecule is CC(C)CNCc1cc(F)ccc1Sc1nccc(=O)[nH]1. The maximum Gasteiger partial charge on any atom is 0.251 e. The van der Waals surface area contributed by atoms with E-state index in [9.17, 15) is 9.18 Å².